The first kappa shape index (κ1) is 22.2. The number of likely N-dealkylation sites (N-methyl/N-ethyl adjacent to an activating group) is 1. The molecule has 2 atom stereocenters. The summed E-state index contributed by atoms with van der Waals surface area (Å²) in [6.45, 7) is 5.99. The molecule has 0 bridgehead atoms. The zero-order chi connectivity index (χ0) is 22.4. The number of hydrogen-bond donors (Lipinski definition) is 3. The fourth-order valence-electron chi connectivity index (χ4n) is 3.40. The molecule has 0 aliphatic carbocycles. The summed E-state index contributed by atoms with van der Waals surface area (Å²) in [5.74, 6) is -0.240. The van der Waals surface area contributed by atoms with E-state index in [4.69, 9.17) is 0 Å². The third-order valence-corrected chi connectivity index (χ3v) is 5.51. The van der Waals surface area contributed by atoms with E-state index in [0.29, 0.717) is 0 Å². The lowest BCUT2D eigenvalue weighted by Gasteiger charge is -2.21. The van der Waals surface area contributed by atoms with Crippen LogP contribution in [0.3, 0.4) is 0 Å². The number of carbonyl (C=O) groups is 2. The van der Waals surface area contributed by atoms with Crippen molar-refractivity contribution in [3.05, 3.63) is 83.9 Å². The molecular formula is C26H30N3O2+. The Hall–Kier alpha value is -3.44. The molecule has 3 rings (SSSR count). The Labute approximate surface area is 184 Å². The van der Waals surface area contributed by atoms with Gasteiger partial charge in [0, 0.05) is 16.9 Å². The van der Waals surface area contributed by atoms with Crippen molar-refractivity contribution in [1.82, 2.24) is 0 Å². The van der Waals surface area contributed by atoms with Crippen LogP contribution in [0.15, 0.2) is 72.8 Å². The molecule has 0 spiro atoms. The van der Waals surface area contributed by atoms with Crippen molar-refractivity contribution in [3.63, 3.8) is 0 Å². The van der Waals surface area contributed by atoms with Gasteiger partial charge in [0.1, 0.15) is 0 Å². The summed E-state index contributed by atoms with van der Waals surface area (Å²) in [6, 6.07) is 23.3. The van der Waals surface area contributed by atoms with E-state index in [1.165, 1.54) is 0 Å². The maximum Gasteiger partial charge on any atom is 0.282 e. The Kier molecular flexibility index (Phi) is 7.21. The SMILES string of the molecule is Cc1ccc(C)c(NC(=O)C[NH+](C)[C@H](C)C(=O)Nc2ccccc2-c2ccccc2)c1. The molecule has 31 heavy (non-hydrogen) atoms. The van der Waals surface area contributed by atoms with Crippen molar-refractivity contribution in [2.45, 2.75) is 26.8 Å². The summed E-state index contributed by atoms with van der Waals surface area (Å²) in [5, 5.41) is 6.00. The van der Waals surface area contributed by atoms with Gasteiger partial charge in [-0.3, -0.25) is 9.59 Å². The zero-order valence-electron chi connectivity index (χ0n) is 18.5. The number of hydrogen-bond acceptors (Lipinski definition) is 2. The molecule has 0 heterocycles. The molecule has 5 nitrogen and oxygen atoms in total. The molecule has 160 valence electrons. The molecule has 0 aliphatic rings. The average molecular weight is 417 g/mol. The second-order valence-electron chi connectivity index (χ2n) is 8.01. The number of benzene rings is 3. The van der Waals surface area contributed by atoms with Gasteiger partial charge in [-0.2, -0.15) is 0 Å². The lowest BCUT2D eigenvalue weighted by atomic mass is 10.0. The van der Waals surface area contributed by atoms with Gasteiger partial charge in [0.25, 0.3) is 11.8 Å². The van der Waals surface area contributed by atoms with E-state index in [9.17, 15) is 9.59 Å². The van der Waals surface area contributed by atoms with Crippen LogP contribution in [0.5, 0.6) is 0 Å². The predicted octanol–water partition coefficient (Wildman–Crippen LogP) is 3.45. The summed E-state index contributed by atoms with van der Waals surface area (Å²) in [4.78, 5) is 26.3. The smallest absolute Gasteiger partial charge is 0.282 e. The quantitative estimate of drug-likeness (QED) is 0.552. The molecule has 1 unspecified atom stereocenters. The van der Waals surface area contributed by atoms with Crippen LogP contribution in [0.1, 0.15) is 18.1 Å². The molecule has 3 aromatic rings. The summed E-state index contributed by atoms with van der Waals surface area (Å²) < 4.78 is 0. The molecule has 0 aliphatic heterocycles. The van der Waals surface area contributed by atoms with Crippen molar-refractivity contribution in [3.8, 4) is 11.1 Å². The van der Waals surface area contributed by atoms with Gasteiger partial charge in [-0.1, -0.05) is 60.7 Å². The van der Waals surface area contributed by atoms with Crippen LogP contribution in [0, 0.1) is 13.8 Å². The van der Waals surface area contributed by atoms with Crippen LogP contribution >= 0.6 is 0 Å². The maximum absolute atomic E-state index is 12.9. The normalized spacial score (nSPS) is 12.6. The van der Waals surface area contributed by atoms with E-state index in [0.717, 1.165) is 38.5 Å². The summed E-state index contributed by atoms with van der Waals surface area (Å²) in [6.07, 6.45) is 0. The number of para-hydroxylation sites is 1. The van der Waals surface area contributed by atoms with Gasteiger partial charge >= 0.3 is 0 Å². The largest absolute Gasteiger partial charge is 0.321 e. The van der Waals surface area contributed by atoms with Crippen LogP contribution in [-0.4, -0.2) is 31.4 Å². The number of nitrogens with one attached hydrogen (secondary N) is 3. The fourth-order valence-corrected chi connectivity index (χ4v) is 3.40. The highest BCUT2D eigenvalue weighted by atomic mass is 16.2. The van der Waals surface area contributed by atoms with E-state index >= 15 is 0 Å². The number of rotatable bonds is 7. The van der Waals surface area contributed by atoms with Crippen LogP contribution in [0.4, 0.5) is 11.4 Å². The van der Waals surface area contributed by atoms with Crippen molar-refractivity contribution < 1.29 is 14.5 Å². The molecule has 0 saturated carbocycles. The molecular weight excluding hydrogens is 386 g/mol. The highest BCUT2D eigenvalue weighted by molar-refractivity contribution is 5.98. The van der Waals surface area contributed by atoms with Gasteiger partial charge in [0.15, 0.2) is 12.6 Å². The Bertz CT molecular complexity index is 1060. The number of quaternary nitrogens is 1. The van der Waals surface area contributed by atoms with Gasteiger partial charge in [0.05, 0.1) is 7.05 Å². The summed E-state index contributed by atoms with van der Waals surface area (Å²) in [7, 11) is 1.86. The molecule has 2 amide bonds. The number of aryl methyl sites for hydroxylation is 2. The van der Waals surface area contributed by atoms with E-state index in [-0.39, 0.29) is 18.4 Å². The van der Waals surface area contributed by atoms with Crippen molar-refractivity contribution >= 4 is 23.2 Å². The van der Waals surface area contributed by atoms with Gasteiger partial charge in [-0.05, 0) is 49.6 Å². The van der Waals surface area contributed by atoms with E-state index < -0.39 is 6.04 Å². The third kappa shape index (κ3) is 5.80. The highest BCUT2D eigenvalue weighted by Crippen LogP contribution is 2.27. The molecule has 3 aromatic carbocycles. The number of amides is 2. The number of carbonyl (C=O) groups excluding carboxylic acids is 2. The Morgan fingerprint density at radius 2 is 1.55 bits per heavy atom. The fraction of sp³-hybridized carbons (Fsp3) is 0.231. The number of anilines is 2. The zero-order valence-corrected chi connectivity index (χ0v) is 18.5. The van der Waals surface area contributed by atoms with Crippen molar-refractivity contribution in [1.29, 1.82) is 0 Å². The highest BCUT2D eigenvalue weighted by Gasteiger charge is 2.25. The molecule has 0 saturated heterocycles. The van der Waals surface area contributed by atoms with Crippen molar-refractivity contribution in [2.75, 3.05) is 24.2 Å². The van der Waals surface area contributed by atoms with Crippen LogP contribution in [-0.2, 0) is 9.59 Å². The molecule has 0 aromatic heterocycles. The first-order valence-corrected chi connectivity index (χ1v) is 10.5. The Balaban J connectivity index is 1.64. The predicted molar refractivity (Wildman–Crippen MR) is 126 cm³/mol. The van der Waals surface area contributed by atoms with E-state index in [1.54, 1.807) is 0 Å². The van der Waals surface area contributed by atoms with Crippen LogP contribution in [0.2, 0.25) is 0 Å². The standard InChI is InChI=1S/C26H29N3O2/c1-18-14-15-19(2)24(16-18)27-25(30)17-29(4)20(3)26(31)28-23-13-9-8-12-22(23)21-10-6-5-7-11-21/h5-16,20H,17H2,1-4H3,(H,27,30)(H,28,31)/p+1/t20-/m1/s1. The van der Waals surface area contributed by atoms with Gasteiger partial charge in [-0.15, -0.1) is 0 Å². The second-order valence-corrected chi connectivity index (χ2v) is 8.01. The minimum absolute atomic E-state index is 0.115. The van der Waals surface area contributed by atoms with Crippen LogP contribution in [0.25, 0.3) is 11.1 Å². The lowest BCUT2D eigenvalue weighted by molar-refractivity contribution is -0.885. The lowest BCUT2D eigenvalue weighted by Crippen LogP contribution is -3.14. The van der Waals surface area contributed by atoms with E-state index in [1.807, 2.05) is 101 Å². The first-order chi connectivity index (χ1) is 14.8. The maximum atomic E-state index is 12.9. The minimum atomic E-state index is -0.395. The average Bonchev–Trinajstić information content (AvgIpc) is 2.76. The van der Waals surface area contributed by atoms with Crippen molar-refractivity contribution in [2.24, 2.45) is 0 Å². The Morgan fingerprint density at radius 1 is 0.871 bits per heavy atom. The first-order valence-electron chi connectivity index (χ1n) is 10.5. The Morgan fingerprint density at radius 3 is 2.29 bits per heavy atom. The van der Waals surface area contributed by atoms with Gasteiger partial charge in [0.2, 0.25) is 0 Å². The summed E-state index contributed by atoms with van der Waals surface area (Å²) >= 11 is 0. The second kappa shape index (κ2) is 10.0. The third-order valence-electron chi connectivity index (χ3n) is 5.51. The minimum Gasteiger partial charge on any atom is -0.321 e. The summed E-state index contributed by atoms with van der Waals surface area (Å²) in [5.41, 5.74) is 5.69. The van der Waals surface area contributed by atoms with Gasteiger partial charge < -0.3 is 15.5 Å². The van der Waals surface area contributed by atoms with Crippen LogP contribution < -0.4 is 15.5 Å². The van der Waals surface area contributed by atoms with Gasteiger partial charge in [-0.25, -0.2) is 0 Å². The van der Waals surface area contributed by atoms with E-state index in [2.05, 4.69) is 10.6 Å². The molecule has 5 heteroatoms. The molecule has 0 radical (unpaired) electrons. The topological polar surface area (TPSA) is 62.6 Å². The monoisotopic (exact) mass is 416 g/mol. The molecule has 0 fully saturated rings. The molecule has 3 N–H and O–H groups in total.